The number of hydrogen-bond donors (Lipinski definition) is 1. The van der Waals surface area contributed by atoms with Gasteiger partial charge in [-0.3, -0.25) is 4.90 Å². The molecule has 0 aromatic carbocycles. The van der Waals surface area contributed by atoms with Gasteiger partial charge in [0.25, 0.3) is 0 Å². The van der Waals surface area contributed by atoms with Gasteiger partial charge < -0.3 is 5.32 Å². The highest BCUT2D eigenvalue weighted by Gasteiger charge is 2.11. The molecule has 0 amide bonds. The zero-order valence-electron chi connectivity index (χ0n) is 11.6. The lowest BCUT2D eigenvalue weighted by atomic mass is 10.1. The van der Waals surface area contributed by atoms with E-state index in [2.05, 4.69) is 48.1 Å². The van der Waals surface area contributed by atoms with Crippen LogP contribution in [-0.2, 0) is 6.54 Å². The molecule has 1 aromatic rings. The summed E-state index contributed by atoms with van der Waals surface area (Å²) >= 11 is 0. The third-order valence-corrected chi connectivity index (χ3v) is 2.72. The molecule has 1 aromatic heterocycles. The van der Waals surface area contributed by atoms with Gasteiger partial charge in [0.2, 0.25) is 0 Å². The number of aromatic nitrogens is 3. The molecule has 1 rings (SSSR count). The van der Waals surface area contributed by atoms with Crippen LogP contribution in [0.25, 0.3) is 0 Å². The van der Waals surface area contributed by atoms with E-state index in [0.29, 0.717) is 12.0 Å². The summed E-state index contributed by atoms with van der Waals surface area (Å²) in [5.41, 5.74) is 0. The summed E-state index contributed by atoms with van der Waals surface area (Å²) in [6.45, 7) is 9.46. The molecule has 0 fully saturated rings. The van der Waals surface area contributed by atoms with E-state index in [1.165, 1.54) is 0 Å². The Hall–Kier alpha value is -0.940. The van der Waals surface area contributed by atoms with Gasteiger partial charge in [-0.25, -0.2) is 9.67 Å². The summed E-state index contributed by atoms with van der Waals surface area (Å²) in [6, 6.07) is 0.371. The zero-order valence-corrected chi connectivity index (χ0v) is 11.6. The largest absolute Gasteiger partial charge is 0.319 e. The summed E-state index contributed by atoms with van der Waals surface area (Å²) in [5.74, 6) is 1.68. The SMILES string of the molecule is CNCC(C)CN(C)Cc1ncnn1C(C)C. The molecule has 1 unspecified atom stereocenters. The summed E-state index contributed by atoms with van der Waals surface area (Å²) in [4.78, 5) is 6.62. The molecule has 0 radical (unpaired) electrons. The Bertz CT molecular complexity index is 320. The minimum atomic E-state index is 0.371. The van der Waals surface area contributed by atoms with Crippen molar-refractivity contribution in [1.29, 1.82) is 0 Å². The third kappa shape index (κ3) is 4.44. The van der Waals surface area contributed by atoms with E-state index < -0.39 is 0 Å². The predicted octanol–water partition coefficient (Wildman–Crippen LogP) is 1.15. The topological polar surface area (TPSA) is 46.0 Å². The standard InChI is InChI=1S/C12H25N5/c1-10(2)17-12(14-9-15-17)8-16(5)7-11(3)6-13-4/h9-11,13H,6-8H2,1-5H3. The maximum absolute atomic E-state index is 4.33. The molecule has 0 saturated carbocycles. The summed E-state index contributed by atoms with van der Waals surface area (Å²) in [7, 11) is 4.12. The number of nitrogens with one attached hydrogen (secondary N) is 1. The van der Waals surface area contributed by atoms with E-state index in [9.17, 15) is 0 Å². The normalized spacial score (nSPS) is 13.6. The first-order valence-corrected chi connectivity index (χ1v) is 6.26. The Kier molecular flexibility index (Phi) is 5.58. The quantitative estimate of drug-likeness (QED) is 0.775. The smallest absolute Gasteiger partial charge is 0.141 e. The first kappa shape index (κ1) is 14.1. The fourth-order valence-corrected chi connectivity index (χ4v) is 2.07. The minimum Gasteiger partial charge on any atom is -0.319 e. The number of rotatable bonds is 7. The van der Waals surface area contributed by atoms with Crippen molar-refractivity contribution in [2.24, 2.45) is 5.92 Å². The van der Waals surface area contributed by atoms with Crippen LogP contribution in [0.3, 0.4) is 0 Å². The second-order valence-electron chi connectivity index (χ2n) is 5.07. The van der Waals surface area contributed by atoms with Crippen molar-refractivity contribution >= 4 is 0 Å². The molecule has 0 saturated heterocycles. The van der Waals surface area contributed by atoms with Crippen LogP contribution in [0.4, 0.5) is 0 Å². The van der Waals surface area contributed by atoms with Crippen molar-refractivity contribution in [3.8, 4) is 0 Å². The van der Waals surface area contributed by atoms with Crippen LogP contribution in [0, 0.1) is 5.92 Å². The van der Waals surface area contributed by atoms with E-state index in [1.54, 1.807) is 6.33 Å². The Morgan fingerprint density at radius 2 is 2.12 bits per heavy atom. The van der Waals surface area contributed by atoms with E-state index in [-0.39, 0.29) is 0 Å². The van der Waals surface area contributed by atoms with Crippen LogP contribution in [0.5, 0.6) is 0 Å². The van der Waals surface area contributed by atoms with Crippen molar-refractivity contribution in [3.63, 3.8) is 0 Å². The monoisotopic (exact) mass is 239 g/mol. The van der Waals surface area contributed by atoms with Gasteiger partial charge in [0.1, 0.15) is 12.2 Å². The van der Waals surface area contributed by atoms with Gasteiger partial charge in [-0.15, -0.1) is 0 Å². The van der Waals surface area contributed by atoms with Crippen molar-refractivity contribution < 1.29 is 0 Å². The lowest BCUT2D eigenvalue weighted by molar-refractivity contribution is 0.263. The van der Waals surface area contributed by atoms with Crippen LogP contribution in [0.15, 0.2) is 6.33 Å². The first-order chi connectivity index (χ1) is 8.04. The molecule has 1 N–H and O–H groups in total. The molecular weight excluding hydrogens is 214 g/mol. The summed E-state index contributed by atoms with van der Waals surface area (Å²) < 4.78 is 1.99. The van der Waals surface area contributed by atoms with E-state index in [1.807, 2.05) is 11.7 Å². The summed E-state index contributed by atoms with van der Waals surface area (Å²) in [5, 5.41) is 7.45. The fraction of sp³-hybridized carbons (Fsp3) is 0.833. The number of nitrogens with zero attached hydrogens (tertiary/aromatic N) is 4. The first-order valence-electron chi connectivity index (χ1n) is 6.26. The summed E-state index contributed by atoms with van der Waals surface area (Å²) in [6.07, 6.45) is 1.64. The molecular formula is C12H25N5. The van der Waals surface area contributed by atoms with Crippen molar-refractivity contribution in [1.82, 2.24) is 25.0 Å². The van der Waals surface area contributed by atoms with Crippen LogP contribution >= 0.6 is 0 Å². The molecule has 5 nitrogen and oxygen atoms in total. The maximum atomic E-state index is 4.33. The van der Waals surface area contributed by atoms with Crippen molar-refractivity contribution in [2.75, 3.05) is 27.2 Å². The lowest BCUT2D eigenvalue weighted by Gasteiger charge is -2.21. The van der Waals surface area contributed by atoms with Crippen LogP contribution in [0.1, 0.15) is 32.6 Å². The Morgan fingerprint density at radius 3 is 2.71 bits per heavy atom. The molecule has 1 atom stereocenters. The second kappa shape index (κ2) is 6.71. The molecule has 0 aliphatic heterocycles. The van der Waals surface area contributed by atoms with Gasteiger partial charge in [0, 0.05) is 12.6 Å². The molecule has 5 heteroatoms. The highest BCUT2D eigenvalue weighted by atomic mass is 15.4. The highest BCUT2D eigenvalue weighted by Crippen LogP contribution is 2.08. The maximum Gasteiger partial charge on any atom is 0.141 e. The minimum absolute atomic E-state index is 0.371. The average molecular weight is 239 g/mol. The lowest BCUT2D eigenvalue weighted by Crippen LogP contribution is -2.30. The highest BCUT2D eigenvalue weighted by molar-refractivity contribution is 4.86. The Morgan fingerprint density at radius 1 is 1.41 bits per heavy atom. The van der Waals surface area contributed by atoms with Crippen LogP contribution < -0.4 is 5.32 Å². The van der Waals surface area contributed by atoms with E-state index >= 15 is 0 Å². The molecule has 0 aliphatic rings. The van der Waals surface area contributed by atoms with Crippen molar-refractivity contribution in [3.05, 3.63) is 12.2 Å². The van der Waals surface area contributed by atoms with Gasteiger partial charge in [0.15, 0.2) is 0 Å². The second-order valence-corrected chi connectivity index (χ2v) is 5.07. The van der Waals surface area contributed by atoms with E-state index in [0.717, 1.165) is 25.5 Å². The van der Waals surface area contributed by atoms with Gasteiger partial charge in [0.05, 0.1) is 6.54 Å². The van der Waals surface area contributed by atoms with E-state index in [4.69, 9.17) is 0 Å². The number of hydrogen-bond acceptors (Lipinski definition) is 4. The third-order valence-electron chi connectivity index (χ3n) is 2.72. The molecule has 0 spiro atoms. The molecule has 0 bridgehead atoms. The van der Waals surface area contributed by atoms with Crippen LogP contribution in [-0.4, -0.2) is 46.8 Å². The zero-order chi connectivity index (χ0) is 12.8. The molecule has 98 valence electrons. The average Bonchev–Trinajstić information content (AvgIpc) is 2.65. The van der Waals surface area contributed by atoms with Gasteiger partial charge >= 0.3 is 0 Å². The van der Waals surface area contributed by atoms with Crippen molar-refractivity contribution in [2.45, 2.75) is 33.4 Å². The van der Waals surface area contributed by atoms with Gasteiger partial charge in [-0.05, 0) is 40.4 Å². The fourth-order valence-electron chi connectivity index (χ4n) is 2.07. The molecule has 1 heterocycles. The van der Waals surface area contributed by atoms with Gasteiger partial charge in [-0.2, -0.15) is 5.10 Å². The molecule has 17 heavy (non-hydrogen) atoms. The predicted molar refractivity (Wildman–Crippen MR) is 69.8 cm³/mol. The Labute approximate surface area is 104 Å². The molecule has 0 aliphatic carbocycles. The van der Waals surface area contributed by atoms with Crippen LogP contribution in [0.2, 0.25) is 0 Å². The van der Waals surface area contributed by atoms with Gasteiger partial charge in [-0.1, -0.05) is 6.92 Å². The Balaban J connectivity index is 2.50.